The summed E-state index contributed by atoms with van der Waals surface area (Å²) in [5.74, 6) is 0. The van der Waals surface area contributed by atoms with Gasteiger partial charge in [0.2, 0.25) is 0 Å². The summed E-state index contributed by atoms with van der Waals surface area (Å²) in [6.07, 6.45) is 8.27. The molecule has 0 N–H and O–H groups in total. The highest BCUT2D eigenvalue weighted by Crippen LogP contribution is 2.31. The zero-order valence-corrected chi connectivity index (χ0v) is 15.3. The molecule has 0 rings (SSSR count). The highest BCUT2D eigenvalue weighted by Gasteiger charge is 2.30. The van der Waals surface area contributed by atoms with E-state index in [4.69, 9.17) is 3.79 Å². The average Bonchev–Trinajstić information content (AvgIpc) is 2.39. The molecule has 0 fully saturated rings. The van der Waals surface area contributed by atoms with Gasteiger partial charge < -0.3 is 3.79 Å². The summed E-state index contributed by atoms with van der Waals surface area (Å²) in [5, 5.41) is 4.10. The molecule has 0 aromatic heterocycles. The monoisotopic (exact) mass is 283 g/mol. The van der Waals surface area contributed by atoms with Crippen LogP contribution in [0, 0.1) is 5.41 Å². The van der Waals surface area contributed by atoms with Crippen molar-refractivity contribution < 1.29 is 3.79 Å². The van der Waals surface area contributed by atoms with Gasteiger partial charge in [-0.3, -0.25) is 0 Å². The van der Waals surface area contributed by atoms with E-state index in [9.17, 15) is 0 Å². The van der Waals surface area contributed by atoms with Crippen molar-refractivity contribution in [2.75, 3.05) is 6.61 Å². The molecule has 0 aromatic carbocycles. The van der Waals surface area contributed by atoms with Crippen molar-refractivity contribution in [3.8, 4) is 0 Å². The first-order valence-corrected chi connectivity index (χ1v) is 11.4. The van der Waals surface area contributed by atoms with Gasteiger partial charge in [-0.2, -0.15) is 15.8 Å². The molecule has 2 heteroatoms. The Morgan fingerprint density at radius 1 is 1.00 bits per heavy atom. The number of hydrogen-bond donors (Lipinski definition) is 0. The minimum absolute atomic E-state index is 0.259. The van der Waals surface area contributed by atoms with E-state index in [1.165, 1.54) is 35.1 Å². The van der Waals surface area contributed by atoms with Crippen molar-refractivity contribution in [3.63, 3.8) is 0 Å². The Kier molecular flexibility index (Phi) is 10.2. The van der Waals surface area contributed by atoms with Crippen molar-refractivity contribution in [2.45, 2.75) is 82.6 Å². The van der Waals surface area contributed by atoms with Gasteiger partial charge in [0, 0.05) is 0 Å². The molecule has 0 heterocycles. The van der Waals surface area contributed by atoms with Crippen LogP contribution < -0.4 is 0 Å². The third-order valence-electron chi connectivity index (χ3n) is 4.89. The van der Waals surface area contributed by atoms with Gasteiger partial charge in [0.1, 0.15) is 0 Å². The van der Waals surface area contributed by atoms with Crippen molar-refractivity contribution >= 4 is 13.4 Å². The summed E-state index contributed by atoms with van der Waals surface area (Å²) in [4.78, 5) is 0. The van der Waals surface area contributed by atoms with Gasteiger partial charge in [0.05, 0.1) is 0 Å². The van der Waals surface area contributed by atoms with Crippen LogP contribution in [-0.2, 0) is 3.79 Å². The second-order valence-corrected chi connectivity index (χ2v) is 11.4. The first-order valence-electron chi connectivity index (χ1n) is 8.48. The zero-order valence-electron chi connectivity index (χ0n) is 14.1. The second-order valence-electron chi connectivity index (χ2n) is 6.56. The molecular weight excluding hydrogens is 247 g/mol. The summed E-state index contributed by atoms with van der Waals surface area (Å²) in [6, 6.07) is 0. The molecule has 0 aromatic rings. The van der Waals surface area contributed by atoms with Crippen LogP contribution in [0.4, 0.5) is 0 Å². The first-order chi connectivity index (χ1) is 9.01. The molecule has 114 valence electrons. The summed E-state index contributed by atoms with van der Waals surface area (Å²) >= 11 is -1.77. The van der Waals surface area contributed by atoms with E-state index in [0.29, 0.717) is 0 Å². The Balaban J connectivity index is 4.50. The summed E-state index contributed by atoms with van der Waals surface area (Å²) in [6.45, 7) is 16.4. The molecule has 0 saturated heterocycles. The van der Waals surface area contributed by atoms with Gasteiger partial charge in [-0.1, -0.05) is 60.0 Å². The van der Waals surface area contributed by atoms with Crippen LogP contribution in [0.15, 0.2) is 12.7 Å². The molecule has 0 aliphatic heterocycles. The van der Waals surface area contributed by atoms with E-state index in [1.807, 2.05) is 0 Å². The molecule has 19 heavy (non-hydrogen) atoms. The lowest BCUT2D eigenvalue weighted by Crippen LogP contribution is -2.38. The average molecular weight is 283 g/mol. The lowest BCUT2D eigenvalue weighted by molar-refractivity contribution is 0.231. The largest absolute Gasteiger partial charge is 0.658 e. The Morgan fingerprint density at radius 3 is 1.79 bits per heavy atom. The Hall–Kier alpha value is 0.232. The van der Waals surface area contributed by atoms with Crippen molar-refractivity contribution in [3.05, 3.63) is 12.7 Å². The molecular formula is C17H36AlO-. The maximum Gasteiger partial charge on any atom is 0.299 e. The van der Waals surface area contributed by atoms with Crippen LogP contribution in [0.5, 0.6) is 0 Å². The molecule has 1 unspecified atom stereocenters. The maximum absolute atomic E-state index is 6.57. The quantitative estimate of drug-likeness (QED) is 0.307. The molecule has 0 saturated carbocycles. The summed E-state index contributed by atoms with van der Waals surface area (Å²) in [7, 11) is 0. The molecule has 0 radical (unpaired) electrons. The lowest BCUT2D eigenvalue weighted by atomic mass is 9.85. The third kappa shape index (κ3) is 6.98. The minimum Gasteiger partial charge on any atom is -0.658 e. The van der Waals surface area contributed by atoms with Crippen molar-refractivity contribution in [2.24, 2.45) is 5.41 Å². The second kappa shape index (κ2) is 10.0. The van der Waals surface area contributed by atoms with Crippen LogP contribution >= 0.6 is 0 Å². The molecule has 0 aliphatic rings. The molecule has 0 bridgehead atoms. The van der Waals surface area contributed by atoms with E-state index in [2.05, 4.69) is 47.3 Å². The van der Waals surface area contributed by atoms with E-state index in [-0.39, 0.29) is 5.41 Å². The highest BCUT2D eigenvalue weighted by molar-refractivity contribution is 6.73. The highest BCUT2D eigenvalue weighted by atomic mass is 27.3. The van der Waals surface area contributed by atoms with E-state index >= 15 is 0 Å². The molecule has 1 atom stereocenters. The maximum atomic E-state index is 6.57. The Morgan fingerprint density at radius 2 is 1.47 bits per heavy atom. The zero-order chi connectivity index (χ0) is 14.8. The molecule has 0 aliphatic carbocycles. The molecule has 0 amide bonds. The van der Waals surface area contributed by atoms with Crippen LogP contribution in [-0.4, -0.2) is 20.0 Å². The van der Waals surface area contributed by atoms with Crippen molar-refractivity contribution in [1.82, 2.24) is 0 Å². The summed E-state index contributed by atoms with van der Waals surface area (Å²) < 4.78 is 6.57. The van der Waals surface area contributed by atoms with Gasteiger partial charge in [-0.15, -0.1) is 6.58 Å². The normalized spacial score (nSPS) is 15.2. The van der Waals surface area contributed by atoms with E-state index < -0.39 is 13.4 Å². The standard InChI is InChI=1S/C8H15O.3C3H7.Al/c1-4-8(3,5-2)6-7-9;3*1-3-2;/h4H,1,5-7H2,2-3H3;3*1,3H2,2H3;/q-1;;;;. The summed E-state index contributed by atoms with van der Waals surface area (Å²) in [5.41, 5.74) is 0.259. The smallest absolute Gasteiger partial charge is 0.299 e. The Bertz CT molecular complexity index is 222. The van der Waals surface area contributed by atoms with Gasteiger partial charge >= 0.3 is 0 Å². The van der Waals surface area contributed by atoms with Gasteiger partial charge in [-0.05, 0) is 24.9 Å². The van der Waals surface area contributed by atoms with Gasteiger partial charge in [-0.25, -0.2) is 0 Å². The van der Waals surface area contributed by atoms with Crippen LogP contribution in [0.3, 0.4) is 0 Å². The lowest BCUT2D eigenvalue weighted by Gasteiger charge is -2.39. The van der Waals surface area contributed by atoms with Crippen LogP contribution in [0.1, 0.15) is 66.7 Å². The predicted octanol–water partition coefficient (Wildman–Crippen LogP) is 6.17. The fourth-order valence-electron chi connectivity index (χ4n) is 3.23. The number of hydrogen-bond acceptors (Lipinski definition) is 1. The Labute approximate surface area is 124 Å². The van der Waals surface area contributed by atoms with Crippen LogP contribution in [0.25, 0.3) is 0 Å². The number of allylic oxidation sites excluding steroid dienone is 1. The molecule has 1 nitrogen and oxygen atoms in total. The fourth-order valence-corrected chi connectivity index (χ4v) is 8.37. The predicted molar refractivity (Wildman–Crippen MR) is 90.2 cm³/mol. The van der Waals surface area contributed by atoms with Crippen molar-refractivity contribution in [1.29, 1.82) is 0 Å². The van der Waals surface area contributed by atoms with E-state index in [0.717, 1.165) is 19.4 Å². The number of rotatable bonds is 12. The van der Waals surface area contributed by atoms with Gasteiger partial charge in [0.25, 0.3) is 13.4 Å². The SMILES string of the molecule is C=CC(C)(CC)CC[O][Al-]([CH2]CC)([CH2]CC)[CH2]CC. The fraction of sp³-hybridized carbons (Fsp3) is 0.882. The van der Waals surface area contributed by atoms with E-state index in [1.54, 1.807) is 0 Å². The van der Waals surface area contributed by atoms with Crippen LogP contribution in [0.2, 0.25) is 15.8 Å². The third-order valence-corrected chi connectivity index (χ3v) is 10.7. The van der Waals surface area contributed by atoms with Gasteiger partial charge in [0.15, 0.2) is 0 Å². The first kappa shape index (κ1) is 19.2. The minimum atomic E-state index is -1.77. The molecule has 0 spiro atoms. The topological polar surface area (TPSA) is 9.23 Å².